The van der Waals surface area contributed by atoms with Gasteiger partial charge < -0.3 is 15.6 Å². The number of hydrogen-bond donors (Lipinski definition) is 3. The quantitative estimate of drug-likeness (QED) is 0.689. The Morgan fingerprint density at radius 2 is 2.00 bits per heavy atom. The first-order valence-corrected chi connectivity index (χ1v) is 6.23. The van der Waals surface area contributed by atoms with Gasteiger partial charge in [-0.1, -0.05) is 19.9 Å². The van der Waals surface area contributed by atoms with E-state index in [0.29, 0.717) is 12.5 Å². The van der Waals surface area contributed by atoms with Crippen LogP contribution in [0.1, 0.15) is 30.8 Å². The summed E-state index contributed by atoms with van der Waals surface area (Å²) in [5, 5.41) is 5.33. The molecule has 0 aliphatic carbocycles. The first-order valence-electron chi connectivity index (χ1n) is 6.23. The Balaban J connectivity index is 2.31. The zero-order valence-corrected chi connectivity index (χ0v) is 11.2. The number of pyridine rings is 1. The van der Waals surface area contributed by atoms with Crippen LogP contribution in [0.2, 0.25) is 0 Å². The van der Waals surface area contributed by atoms with Gasteiger partial charge in [0.25, 0.3) is 5.91 Å². The van der Waals surface area contributed by atoms with Gasteiger partial charge in [-0.15, -0.1) is 0 Å². The molecule has 19 heavy (non-hydrogen) atoms. The Morgan fingerprint density at radius 3 is 2.63 bits per heavy atom. The van der Waals surface area contributed by atoms with Gasteiger partial charge in [-0.3, -0.25) is 14.4 Å². The minimum absolute atomic E-state index is 0.101. The lowest BCUT2D eigenvalue weighted by Gasteiger charge is -2.08. The minimum Gasteiger partial charge on any atom is -0.356 e. The first kappa shape index (κ1) is 14.9. The van der Waals surface area contributed by atoms with E-state index in [1.54, 1.807) is 0 Å². The lowest BCUT2D eigenvalue weighted by atomic mass is 10.2. The number of nitrogens with one attached hydrogen (secondary N) is 3. The Hall–Kier alpha value is -2.11. The van der Waals surface area contributed by atoms with E-state index in [4.69, 9.17) is 0 Å². The molecule has 1 heterocycles. The molecule has 6 nitrogen and oxygen atoms in total. The van der Waals surface area contributed by atoms with Gasteiger partial charge in [0.15, 0.2) is 0 Å². The second-order valence-corrected chi connectivity index (χ2v) is 4.63. The van der Waals surface area contributed by atoms with Crippen molar-refractivity contribution in [3.63, 3.8) is 0 Å². The molecular formula is C13H19N3O3. The fraction of sp³-hybridized carbons (Fsp3) is 0.462. The molecule has 0 unspecified atom stereocenters. The van der Waals surface area contributed by atoms with Gasteiger partial charge in [-0.2, -0.15) is 0 Å². The van der Waals surface area contributed by atoms with Crippen molar-refractivity contribution in [2.75, 3.05) is 13.1 Å². The summed E-state index contributed by atoms with van der Waals surface area (Å²) in [5.74, 6) is -0.0992. The summed E-state index contributed by atoms with van der Waals surface area (Å²) in [6.07, 6.45) is 0.218. The van der Waals surface area contributed by atoms with Crippen LogP contribution >= 0.6 is 0 Å². The van der Waals surface area contributed by atoms with Crippen LogP contribution in [0.15, 0.2) is 23.0 Å². The molecule has 0 bridgehead atoms. The monoisotopic (exact) mass is 265 g/mol. The van der Waals surface area contributed by atoms with E-state index in [2.05, 4.69) is 15.6 Å². The summed E-state index contributed by atoms with van der Waals surface area (Å²) in [4.78, 5) is 36.5. The lowest BCUT2D eigenvalue weighted by Crippen LogP contribution is -2.33. The van der Waals surface area contributed by atoms with E-state index in [9.17, 15) is 14.4 Å². The molecule has 0 atom stereocenters. The Morgan fingerprint density at radius 1 is 1.26 bits per heavy atom. The van der Waals surface area contributed by atoms with Gasteiger partial charge in [0.1, 0.15) is 5.69 Å². The second-order valence-electron chi connectivity index (χ2n) is 4.63. The Bertz CT molecular complexity index is 494. The number of carbonyl (C=O) groups is 2. The molecule has 3 N–H and O–H groups in total. The summed E-state index contributed by atoms with van der Waals surface area (Å²) in [6.45, 7) is 4.88. The van der Waals surface area contributed by atoms with Gasteiger partial charge in [0.2, 0.25) is 11.5 Å². The van der Waals surface area contributed by atoms with Gasteiger partial charge in [0.05, 0.1) is 0 Å². The predicted molar refractivity (Wildman–Crippen MR) is 71.9 cm³/mol. The Labute approximate surface area is 111 Å². The highest BCUT2D eigenvalue weighted by Gasteiger charge is 2.07. The topological polar surface area (TPSA) is 91.1 Å². The number of carbonyl (C=O) groups excluding carboxylic acids is 2. The van der Waals surface area contributed by atoms with Gasteiger partial charge in [-0.05, 0) is 12.0 Å². The van der Waals surface area contributed by atoms with Crippen LogP contribution in [-0.2, 0) is 4.79 Å². The van der Waals surface area contributed by atoms with Gasteiger partial charge in [0, 0.05) is 25.6 Å². The van der Waals surface area contributed by atoms with Crippen LogP contribution in [-0.4, -0.2) is 29.9 Å². The molecule has 1 aromatic heterocycles. The van der Waals surface area contributed by atoms with E-state index < -0.39 is 5.91 Å². The highest BCUT2D eigenvalue weighted by atomic mass is 16.2. The fourth-order valence-corrected chi connectivity index (χ4v) is 1.37. The highest BCUT2D eigenvalue weighted by molar-refractivity contribution is 5.92. The normalized spacial score (nSPS) is 10.3. The molecule has 0 aliphatic rings. The molecule has 104 valence electrons. The second kappa shape index (κ2) is 7.35. The summed E-state index contributed by atoms with van der Waals surface area (Å²) < 4.78 is 0. The molecule has 0 saturated carbocycles. The zero-order valence-electron chi connectivity index (χ0n) is 11.2. The van der Waals surface area contributed by atoms with Crippen molar-refractivity contribution in [3.05, 3.63) is 34.2 Å². The number of aromatic amines is 1. The predicted octanol–water partition coefficient (Wildman–Crippen LogP) is 0.267. The van der Waals surface area contributed by atoms with Crippen molar-refractivity contribution < 1.29 is 9.59 Å². The van der Waals surface area contributed by atoms with Crippen LogP contribution in [0.5, 0.6) is 0 Å². The third-order valence-electron chi connectivity index (χ3n) is 2.36. The zero-order chi connectivity index (χ0) is 14.3. The van der Waals surface area contributed by atoms with Crippen LogP contribution < -0.4 is 16.2 Å². The van der Waals surface area contributed by atoms with Crippen LogP contribution in [0.4, 0.5) is 0 Å². The molecule has 0 saturated heterocycles. The van der Waals surface area contributed by atoms with Crippen molar-refractivity contribution in [3.8, 4) is 0 Å². The number of rotatable bonds is 6. The largest absolute Gasteiger partial charge is 0.356 e. The summed E-state index contributed by atoms with van der Waals surface area (Å²) >= 11 is 0. The van der Waals surface area contributed by atoms with E-state index >= 15 is 0 Å². The SMILES string of the molecule is CC(C)CNC(=O)CCNC(=O)c1cccc(=O)[nH]1. The van der Waals surface area contributed by atoms with E-state index in [0.717, 1.165) is 0 Å². The Kier molecular flexibility index (Phi) is 5.78. The van der Waals surface area contributed by atoms with E-state index in [-0.39, 0.29) is 30.1 Å². The highest BCUT2D eigenvalue weighted by Crippen LogP contribution is 1.91. The van der Waals surface area contributed by atoms with Crippen molar-refractivity contribution in [1.29, 1.82) is 0 Å². The molecule has 0 fully saturated rings. The van der Waals surface area contributed by atoms with Crippen molar-refractivity contribution in [2.24, 2.45) is 5.92 Å². The molecule has 0 spiro atoms. The maximum atomic E-state index is 11.6. The smallest absolute Gasteiger partial charge is 0.267 e. The standard InChI is InChI=1S/C13H19N3O3/c1-9(2)8-15-11(17)6-7-14-13(19)10-4-3-5-12(18)16-10/h3-5,9H,6-8H2,1-2H3,(H,14,19)(H,15,17)(H,16,18). The number of amides is 2. The molecule has 0 radical (unpaired) electrons. The summed E-state index contributed by atoms with van der Waals surface area (Å²) in [7, 11) is 0. The molecule has 0 aromatic carbocycles. The van der Waals surface area contributed by atoms with E-state index in [1.165, 1.54) is 18.2 Å². The third kappa shape index (κ3) is 5.85. The van der Waals surface area contributed by atoms with E-state index in [1.807, 2.05) is 13.8 Å². The molecule has 2 amide bonds. The van der Waals surface area contributed by atoms with Crippen LogP contribution in [0.25, 0.3) is 0 Å². The lowest BCUT2D eigenvalue weighted by molar-refractivity contribution is -0.121. The van der Waals surface area contributed by atoms with Crippen molar-refractivity contribution >= 4 is 11.8 Å². The molecule has 1 aromatic rings. The van der Waals surface area contributed by atoms with Crippen molar-refractivity contribution in [2.45, 2.75) is 20.3 Å². The van der Waals surface area contributed by atoms with Gasteiger partial charge in [-0.25, -0.2) is 0 Å². The molecule has 1 rings (SSSR count). The molecule has 0 aliphatic heterocycles. The van der Waals surface area contributed by atoms with Crippen molar-refractivity contribution in [1.82, 2.24) is 15.6 Å². The number of hydrogen-bond acceptors (Lipinski definition) is 3. The van der Waals surface area contributed by atoms with Crippen LogP contribution in [0.3, 0.4) is 0 Å². The number of H-pyrrole nitrogens is 1. The summed E-state index contributed by atoms with van der Waals surface area (Å²) in [6, 6.07) is 4.34. The third-order valence-corrected chi connectivity index (χ3v) is 2.36. The molecule has 6 heteroatoms. The number of aromatic nitrogens is 1. The maximum Gasteiger partial charge on any atom is 0.267 e. The first-order chi connectivity index (χ1) is 8.99. The average molecular weight is 265 g/mol. The fourth-order valence-electron chi connectivity index (χ4n) is 1.37. The van der Waals surface area contributed by atoms with Gasteiger partial charge >= 0.3 is 0 Å². The minimum atomic E-state index is -0.394. The van der Waals surface area contributed by atoms with Crippen LogP contribution in [0, 0.1) is 5.92 Å². The summed E-state index contributed by atoms with van der Waals surface area (Å²) in [5.41, 5.74) is -0.141. The average Bonchev–Trinajstić information content (AvgIpc) is 2.36. The maximum absolute atomic E-state index is 11.6. The molecular weight excluding hydrogens is 246 g/mol.